The molecule has 1 aromatic heterocycles. The van der Waals surface area contributed by atoms with Crippen LogP contribution in [0.2, 0.25) is 0 Å². The fourth-order valence-corrected chi connectivity index (χ4v) is 6.39. The normalized spacial score (nSPS) is 22.6. The van der Waals surface area contributed by atoms with Gasteiger partial charge in [-0.1, -0.05) is 27.7 Å². The van der Waals surface area contributed by atoms with Crippen LogP contribution in [0.1, 0.15) is 31.5 Å². The molecular formula is C19H20BIN4O7S2. The predicted octanol–water partition coefficient (Wildman–Crippen LogP) is 0.271. The van der Waals surface area contributed by atoms with E-state index in [-0.39, 0.29) is 28.6 Å². The van der Waals surface area contributed by atoms with E-state index in [1.807, 2.05) is 22.6 Å². The summed E-state index contributed by atoms with van der Waals surface area (Å²) >= 11 is 3.25. The highest BCUT2D eigenvalue weighted by Crippen LogP contribution is 2.35. The number of amides is 2. The van der Waals surface area contributed by atoms with Crippen molar-refractivity contribution in [1.29, 1.82) is 0 Å². The van der Waals surface area contributed by atoms with Gasteiger partial charge in [-0.2, -0.15) is 0 Å². The highest BCUT2D eigenvalue weighted by Gasteiger charge is 2.57. The van der Waals surface area contributed by atoms with Crippen molar-refractivity contribution in [2.75, 3.05) is 10.2 Å². The number of aryl methyl sites for hydroxylation is 1. The summed E-state index contributed by atoms with van der Waals surface area (Å²) < 4.78 is 17.5. The third kappa shape index (κ3) is 4.95. The van der Waals surface area contributed by atoms with Gasteiger partial charge in [0.1, 0.15) is 22.8 Å². The smallest absolute Gasteiger partial charge is 0.378 e. The lowest BCUT2D eigenvalue weighted by molar-refractivity contribution is -0.149. The summed E-state index contributed by atoms with van der Waals surface area (Å²) in [7, 11) is 3.42. The number of aromatic nitrogens is 1. The summed E-state index contributed by atoms with van der Waals surface area (Å²) in [4.78, 5) is 60.6. The molecule has 1 unspecified atom stereocenters. The van der Waals surface area contributed by atoms with Crippen molar-refractivity contribution in [2.45, 2.75) is 44.7 Å². The minimum atomic E-state index is -1.59. The summed E-state index contributed by atoms with van der Waals surface area (Å²) in [5.41, 5.74) is -0.969. The zero-order chi connectivity index (χ0) is 25.4. The molecule has 15 heteroatoms. The molecule has 0 spiro atoms. The second-order valence-electron chi connectivity index (χ2n) is 7.92. The van der Waals surface area contributed by atoms with E-state index in [0.29, 0.717) is 15.0 Å². The minimum Gasteiger partial charge on any atom is -0.539 e. The van der Waals surface area contributed by atoms with Gasteiger partial charge in [0, 0.05) is 9.81 Å². The number of rotatable bonds is 8. The van der Waals surface area contributed by atoms with Crippen molar-refractivity contribution < 1.29 is 32.9 Å². The van der Waals surface area contributed by atoms with E-state index in [1.165, 1.54) is 32.1 Å². The number of halogens is 1. The number of nitrogens with one attached hydrogen (secondary N) is 1. The molecule has 0 saturated carbocycles. The van der Waals surface area contributed by atoms with Crippen LogP contribution < -0.4 is 5.32 Å². The lowest BCUT2D eigenvalue weighted by Crippen LogP contribution is -2.74. The quantitative estimate of drug-likeness (QED) is 0.109. The van der Waals surface area contributed by atoms with Gasteiger partial charge in [0.15, 0.2) is 17.1 Å². The number of carbonyl (C=O) groups is 4. The maximum Gasteiger partial charge on any atom is 0.378 e. The predicted molar refractivity (Wildman–Crippen MR) is 133 cm³/mol. The molecule has 1 fully saturated rings. The first-order chi connectivity index (χ1) is 15.9. The maximum atomic E-state index is 13.1. The lowest BCUT2D eigenvalue weighted by Gasteiger charge is -2.49. The van der Waals surface area contributed by atoms with Gasteiger partial charge in [-0.15, -0.1) is 11.3 Å². The number of hydrogen-bond donors (Lipinski definition) is 1. The van der Waals surface area contributed by atoms with Gasteiger partial charge in [-0.3, -0.25) is 23.5 Å². The zero-order valence-electron chi connectivity index (χ0n) is 18.6. The van der Waals surface area contributed by atoms with Gasteiger partial charge in [0.05, 0.1) is 21.6 Å². The number of oxime groups is 1. The summed E-state index contributed by atoms with van der Waals surface area (Å²) in [5, 5.41) is 7.64. The Morgan fingerprint density at radius 2 is 2.12 bits per heavy atom. The third-order valence-corrected chi connectivity index (χ3v) is 8.59. The number of alkyl halides is 1. The SMILES string of the molecule is [B]OC(=O)C1=C(CI)CS(=O)[C@@H]2[C@H](NC(=O)/C(=N\OC(C)(C)C(C)=O)c3csc(C)n3)C(=O)N12. The minimum absolute atomic E-state index is 0.0241. The van der Waals surface area contributed by atoms with Crippen molar-refractivity contribution in [2.24, 2.45) is 5.16 Å². The number of β-lactam (4-membered cyclic amide) rings is 1. The van der Waals surface area contributed by atoms with Crippen LogP contribution in [0.3, 0.4) is 0 Å². The van der Waals surface area contributed by atoms with Crippen LogP contribution in [0.4, 0.5) is 0 Å². The Bertz CT molecular complexity index is 1150. The topological polar surface area (TPSA) is 144 Å². The Morgan fingerprint density at radius 1 is 1.44 bits per heavy atom. The standard InChI is InChI=1S/C19H20BIN4O7S2/c1-8(26)19(3,4)32-24-12(11-6-33-9(2)22-11)15(27)23-13-16(28)25-14(18(29)31-20)10(5-21)7-34(30)17(13)25/h6,13,17H,5,7H2,1-4H3,(H,23,27)/b24-12-/t13-,17-,34?/m1/s1. The van der Waals surface area contributed by atoms with E-state index in [4.69, 9.17) is 12.9 Å². The second-order valence-corrected chi connectivity index (χ2v) is 11.3. The number of thiazole rings is 1. The Balaban J connectivity index is 1.89. The molecule has 3 rings (SSSR count). The van der Waals surface area contributed by atoms with Crippen LogP contribution in [-0.4, -0.2) is 78.6 Å². The summed E-state index contributed by atoms with van der Waals surface area (Å²) in [5.74, 6) is -2.67. The second kappa shape index (κ2) is 10.2. The van der Waals surface area contributed by atoms with Crippen molar-refractivity contribution in [3.05, 3.63) is 27.4 Å². The molecule has 2 aliphatic rings. The first kappa shape index (κ1) is 26.5. The largest absolute Gasteiger partial charge is 0.539 e. The molecule has 1 aromatic rings. The number of carbonyl (C=O) groups excluding carboxylic acids is 4. The van der Waals surface area contributed by atoms with Gasteiger partial charge in [-0.25, -0.2) is 9.78 Å². The molecule has 2 radical (unpaired) electrons. The summed E-state index contributed by atoms with van der Waals surface area (Å²) in [6, 6.07) is -1.18. The molecule has 0 aromatic carbocycles. The summed E-state index contributed by atoms with van der Waals surface area (Å²) in [6.07, 6.45) is 0. The van der Waals surface area contributed by atoms with E-state index in [2.05, 4.69) is 20.1 Å². The first-order valence-electron chi connectivity index (χ1n) is 9.82. The Morgan fingerprint density at radius 3 is 2.65 bits per heavy atom. The highest BCUT2D eigenvalue weighted by molar-refractivity contribution is 14.1. The average molecular weight is 618 g/mol. The molecule has 0 bridgehead atoms. The molecule has 11 nitrogen and oxygen atoms in total. The van der Waals surface area contributed by atoms with Crippen LogP contribution in [0, 0.1) is 6.92 Å². The van der Waals surface area contributed by atoms with Crippen molar-refractivity contribution in [1.82, 2.24) is 15.2 Å². The van der Waals surface area contributed by atoms with Crippen LogP contribution in [0.5, 0.6) is 0 Å². The van der Waals surface area contributed by atoms with E-state index < -0.39 is 45.6 Å². The van der Waals surface area contributed by atoms with Gasteiger partial charge in [0.25, 0.3) is 11.8 Å². The fraction of sp³-hybridized carbons (Fsp3) is 0.474. The molecule has 0 aliphatic carbocycles. The number of ketones is 1. The Kier molecular flexibility index (Phi) is 7.97. The monoisotopic (exact) mass is 618 g/mol. The van der Waals surface area contributed by atoms with Gasteiger partial charge in [-0.05, 0) is 33.3 Å². The van der Waals surface area contributed by atoms with E-state index >= 15 is 0 Å². The van der Waals surface area contributed by atoms with E-state index in [0.717, 1.165) is 4.90 Å². The number of nitrogens with zero attached hydrogens (tertiary/aromatic N) is 3. The molecule has 3 atom stereocenters. The van der Waals surface area contributed by atoms with Crippen molar-refractivity contribution >= 4 is 82.1 Å². The van der Waals surface area contributed by atoms with Crippen LogP contribution in [0.25, 0.3) is 0 Å². The number of Topliss-reactive ketones (excluding diaryl/α,β-unsaturated/α-hetero) is 1. The Hall–Kier alpha value is -2.14. The molecule has 2 amide bonds. The third-order valence-electron chi connectivity index (χ3n) is 5.24. The molecule has 34 heavy (non-hydrogen) atoms. The molecular weight excluding hydrogens is 598 g/mol. The van der Waals surface area contributed by atoms with Crippen molar-refractivity contribution in [3.63, 3.8) is 0 Å². The number of fused-ring (bicyclic) bond motifs is 1. The number of hydrogen-bond acceptors (Lipinski definition) is 10. The molecule has 2 aliphatic heterocycles. The lowest BCUT2D eigenvalue weighted by atomic mass is 10.0. The Labute approximate surface area is 216 Å². The van der Waals surface area contributed by atoms with Crippen LogP contribution in [0.15, 0.2) is 21.8 Å². The highest BCUT2D eigenvalue weighted by atomic mass is 127. The molecule has 1 saturated heterocycles. The molecule has 3 heterocycles. The fourth-order valence-electron chi connectivity index (χ4n) is 3.11. The van der Waals surface area contributed by atoms with Gasteiger partial charge < -0.3 is 14.8 Å². The van der Waals surface area contributed by atoms with Gasteiger partial charge in [0.2, 0.25) is 0 Å². The summed E-state index contributed by atoms with van der Waals surface area (Å²) in [6.45, 7) is 6.05. The van der Waals surface area contributed by atoms with Crippen LogP contribution in [-0.2, 0) is 39.5 Å². The van der Waals surface area contributed by atoms with Crippen LogP contribution >= 0.6 is 33.9 Å². The zero-order valence-corrected chi connectivity index (χ0v) is 22.4. The van der Waals surface area contributed by atoms with Gasteiger partial charge >= 0.3 is 14.0 Å². The van der Waals surface area contributed by atoms with E-state index in [9.17, 15) is 23.4 Å². The van der Waals surface area contributed by atoms with Crippen molar-refractivity contribution in [3.8, 4) is 0 Å². The average Bonchev–Trinajstić information content (AvgIpc) is 3.21. The first-order valence-corrected chi connectivity index (χ1v) is 13.6. The maximum absolute atomic E-state index is 13.1. The van der Waals surface area contributed by atoms with E-state index in [1.54, 1.807) is 12.3 Å². The molecule has 180 valence electrons. The molecule has 1 N–H and O–H groups in total.